The third-order valence-corrected chi connectivity index (χ3v) is 5.23. The zero-order chi connectivity index (χ0) is 19.7. The number of aryl methyl sites for hydroxylation is 1. The standard InChI is InChI=1S/C20H20BrN3O4/c1-12-8-13(21)2-4-16(12)23-20(26)22-14-9-19(25)24(11-14)15-3-5-17-18(10-15)28-7-6-27-17/h2-5,8,10,14H,6-7,9,11H2,1H3,(H2,22,23,26). The molecule has 2 aromatic rings. The van der Waals surface area contributed by atoms with Gasteiger partial charge in [-0.3, -0.25) is 4.79 Å². The van der Waals surface area contributed by atoms with E-state index in [2.05, 4.69) is 26.6 Å². The number of rotatable bonds is 3. The molecule has 0 aromatic heterocycles. The van der Waals surface area contributed by atoms with Crippen molar-refractivity contribution in [3.63, 3.8) is 0 Å². The van der Waals surface area contributed by atoms with E-state index in [1.807, 2.05) is 31.2 Å². The van der Waals surface area contributed by atoms with Gasteiger partial charge in [-0.25, -0.2) is 4.79 Å². The maximum atomic E-state index is 12.5. The fraction of sp³-hybridized carbons (Fsp3) is 0.300. The molecular weight excluding hydrogens is 426 g/mol. The number of urea groups is 1. The summed E-state index contributed by atoms with van der Waals surface area (Å²) in [5.41, 5.74) is 2.42. The van der Waals surface area contributed by atoms with Gasteiger partial charge in [0.15, 0.2) is 11.5 Å². The van der Waals surface area contributed by atoms with Gasteiger partial charge in [0, 0.05) is 34.9 Å². The third kappa shape index (κ3) is 3.91. The summed E-state index contributed by atoms with van der Waals surface area (Å²) in [6.07, 6.45) is 0.251. The highest BCUT2D eigenvalue weighted by Gasteiger charge is 2.32. The summed E-state index contributed by atoms with van der Waals surface area (Å²) >= 11 is 3.40. The van der Waals surface area contributed by atoms with Crippen LogP contribution in [0, 0.1) is 6.92 Å². The first-order chi connectivity index (χ1) is 13.5. The molecule has 2 heterocycles. The van der Waals surface area contributed by atoms with Gasteiger partial charge in [-0.15, -0.1) is 0 Å². The van der Waals surface area contributed by atoms with Crippen LogP contribution in [0.2, 0.25) is 0 Å². The summed E-state index contributed by atoms with van der Waals surface area (Å²) in [5.74, 6) is 1.28. The molecule has 0 spiro atoms. The van der Waals surface area contributed by atoms with Crippen molar-refractivity contribution in [3.05, 3.63) is 46.4 Å². The quantitative estimate of drug-likeness (QED) is 0.757. The van der Waals surface area contributed by atoms with Crippen molar-refractivity contribution in [2.45, 2.75) is 19.4 Å². The van der Waals surface area contributed by atoms with Crippen molar-refractivity contribution in [1.29, 1.82) is 0 Å². The van der Waals surface area contributed by atoms with Gasteiger partial charge in [0.25, 0.3) is 0 Å². The van der Waals surface area contributed by atoms with E-state index in [1.54, 1.807) is 17.0 Å². The minimum Gasteiger partial charge on any atom is -0.486 e. The second-order valence-electron chi connectivity index (χ2n) is 6.79. The fourth-order valence-corrected chi connectivity index (χ4v) is 3.84. The van der Waals surface area contributed by atoms with Crippen LogP contribution in [0.3, 0.4) is 0 Å². The summed E-state index contributed by atoms with van der Waals surface area (Å²) in [4.78, 5) is 26.5. The van der Waals surface area contributed by atoms with Crippen molar-refractivity contribution in [1.82, 2.24) is 5.32 Å². The average Bonchev–Trinajstić information content (AvgIpc) is 3.03. The summed E-state index contributed by atoms with van der Waals surface area (Å²) in [6, 6.07) is 10.5. The number of amides is 3. The number of hydrogen-bond acceptors (Lipinski definition) is 4. The van der Waals surface area contributed by atoms with Crippen LogP contribution in [0.4, 0.5) is 16.2 Å². The Bertz CT molecular complexity index is 934. The van der Waals surface area contributed by atoms with Crippen LogP contribution in [-0.4, -0.2) is 37.7 Å². The highest BCUT2D eigenvalue weighted by molar-refractivity contribution is 9.10. The molecule has 3 amide bonds. The Morgan fingerprint density at radius 2 is 1.93 bits per heavy atom. The molecule has 1 atom stereocenters. The summed E-state index contributed by atoms with van der Waals surface area (Å²) < 4.78 is 12.1. The number of benzene rings is 2. The predicted octanol–water partition coefficient (Wildman–Crippen LogP) is 3.46. The first-order valence-electron chi connectivity index (χ1n) is 9.03. The summed E-state index contributed by atoms with van der Waals surface area (Å²) in [6.45, 7) is 3.34. The normalized spacial score (nSPS) is 18.1. The van der Waals surface area contributed by atoms with Gasteiger partial charge in [0.2, 0.25) is 5.91 Å². The van der Waals surface area contributed by atoms with Gasteiger partial charge in [-0.2, -0.15) is 0 Å². The van der Waals surface area contributed by atoms with Crippen LogP contribution in [0.5, 0.6) is 11.5 Å². The topological polar surface area (TPSA) is 79.9 Å². The lowest BCUT2D eigenvalue weighted by Crippen LogP contribution is -2.39. The Hall–Kier alpha value is -2.74. The maximum absolute atomic E-state index is 12.5. The molecule has 0 radical (unpaired) electrons. The van der Waals surface area contributed by atoms with Crippen molar-refractivity contribution < 1.29 is 19.1 Å². The van der Waals surface area contributed by atoms with E-state index in [0.29, 0.717) is 31.3 Å². The summed E-state index contributed by atoms with van der Waals surface area (Å²) in [7, 11) is 0. The molecule has 2 N–H and O–H groups in total. The van der Waals surface area contributed by atoms with Crippen LogP contribution in [0.25, 0.3) is 0 Å². The zero-order valence-electron chi connectivity index (χ0n) is 15.3. The fourth-order valence-electron chi connectivity index (χ4n) is 3.36. The van der Waals surface area contributed by atoms with E-state index in [4.69, 9.17) is 9.47 Å². The second kappa shape index (κ2) is 7.71. The van der Waals surface area contributed by atoms with E-state index in [-0.39, 0.29) is 24.4 Å². The highest BCUT2D eigenvalue weighted by atomic mass is 79.9. The minimum absolute atomic E-state index is 0.0400. The Morgan fingerprint density at radius 1 is 1.14 bits per heavy atom. The van der Waals surface area contributed by atoms with Crippen molar-refractivity contribution in [2.75, 3.05) is 30.0 Å². The lowest BCUT2D eigenvalue weighted by molar-refractivity contribution is -0.117. The van der Waals surface area contributed by atoms with Crippen molar-refractivity contribution in [3.8, 4) is 11.5 Å². The SMILES string of the molecule is Cc1cc(Br)ccc1NC(=O)NC1CC(=O)N(c2ccc3c(c2)OCCO3)C1. The molecule has 1 unspecified atom stereocenters. The van der Waals surface area contributed by atoms with Gasteiger partial charge in [-0.05, 0) is 42.8 Å². The average molecular weight is 446 g/mol. The number of nitrogens with one attached hydrogen (secondary N) is 2. The summed E-state index contributed by atoms with van der Waals surface area (Å²) in [5, 5.41) is 5.72. The number of carbonyl (C=O) groups is 2. The van der Waals surface area contributed by atoms with Gasteiger partial charge in [0.05, 0.1) is 6.04 Å². The van der Waals surface area contributed by atoms with Gasteiger partial charge in [0.1, 0.15) is 13.2 Å². The number of fused-ring (bicyclic) bond motifs is 1. The molecule has 28 heavy (non-hydrogen) atoms. The molecule has 0 aliphatic carbocycles. The van der Waals surface area contributed by atoms with E-state index in [0.717, 1.165) is 21.4 Å². The monoisotopic (exact) mass is 445 g/mol. The van der Waals surface area contributed by atoms with E-state index < -0.39 is 0 Å². The van der Waals surface area contributed by atoms with Crippen LogP contribution in [0.1, 0.15) is 12.0 Å². The minimum atomic E-state index is -0.327. The molecule has 146 valence electrons. The molecule has 2 aromatic carbocycles. The van der Waals surface area contributed by atoms with Crippen LogP contribution < -0.4 is 25.0 Å². The Balaban J connectivity index is 1.40. The van der Waals surface area contributed by atoms with Crippen molar-refractivity contribution in [2.24, 2.45) is 0 Å². The number of carbonyl (C=O) groups excluding carboxylic acids is 2. The lowest BCUT2D eigenvalue weighted by atomic mass is 10.2. The molecule has 1 saturated heterocycles. The number of anilines is 2. The van der Waals surface area contributed by atoms with Gasteiger partial charge >= 0.3 is 6.03 Å². The number of ether oxygens (including phenoxy) is 2. The molecular formula is C20H20BrN3O4. The maximum Gasteiger partial charge on any atom is 0.319 e. The third-order valence-electron chi connectivity index (χ3n) is 4.73. The zero-order valence-corrected chi connectivity index (χ0v) is 16.9. The molecule has 4 rings (SSSR count). The Kier molecular flexibility index (Phi) is 5.13. The van der Waals surface area contributed by atoms with Crippen LogP contribution in [-0.2, 0) is 4.79 Å². The molecule has 8 heteroatoms. The highest BCUT2D eigenvalue weighted by Crippen LogP contribution is 2.35. The Morgan fingerprint density at radius 3 is 2.71 bits per heavy atom. The Labute approximate surface area is 171 Å². The molecule has 0 saturated carbocycles. The van der Waals surface area contributed by atoms with Crippen LogP contribution in [0.15, 0.2) is 40.9 Å². The number of halogens is 1. The molecule has 2 aliphatic rings. The predicted molar refractivity (Wildman–Crippen MR) is 109 cm³/mol. The first kappa shape index (κ1) is 18.6. The number of nitrogens with zero attached hydrogens (tertiary/aromatic N) is 1. The number of hydrogen-bond donors (Lipinski definition) is 2. The lowest BCUT2D eigenvalue weighted by Gasteiger charge is -2.22. The molecule has 2 aliphatic heterocycles. The van der Waals surface area contributed by atoms with Gasteiger partial charge in [-0.1, -0.05) is 15.9 Å². The van der Waals surface area contributed by atoms with E-state index >= 15 is 0 Å². The molecule has 7 nitrogen and oxygen atoms in total. The first-order valence-corrected chi connectivity index (χ1v) is 9.82. The molecule has 0 bridgehead atoms. The molecule has 1 fully saturated rings. The van der Waals surface area contributed by atoms with E-state index in [1.165, 1.54) is 0 Å². The van der Waals surface area contributed by atoms with Crippen molar-refractivity contribution >= 4 is 39.2 Å². The van der Waals surface area contributed by atoms with Gasteiger partial charge < -0.3 is 25.0 Å². The van der Waals surface area contributed by atoms with Crippen LogP contribution >= 0.6 is 15.9 Å². The smallest absolute Gasteiger partial charge is 0.319 e. The largest absolute Gasteiger partial charge is 0.486 e. The van der Waals surface area contributed by atoms with E-state index in [9.17, 15) is 9.59 Å². The second-order valence-corrected chi connectivity index (χ2v) is 7.71.